The number of rotatable bonds is 3. The van der Waals surface area contributed by atoms with Crippen molar-refractivity contribution in [2.75, 3.05) is 26.7 Å². The van der Waals surface area contributed by atoms with Crippen molar-refractivity contribution in [2.24, 2.45) is 5.92 Å². The van der Waals surface area contributed by atoms with E-state index in [-0.39, 0.29) is 21.1 Å². The van der Waals surface area contributed by atoms with Crippen molar-refractivity contribution in [3.8, 4) is 0 Å². The fraction of sp³-hybridized carbons (Fsp3) is 0.857. The Kier molecular flexibility index (Phi) is 3.80. The van der Waals surface area contributed by atoms with Gasteiger partial charge in [-0.15, -0.1) is 0 Å². The average molecular weight is 255 g/mol. The van der Waals surface area contributed by atoms with E-state index in [9.17, 15) is 0 Å². The molecule has 0 spiro atoms. The molecule has 0 aromatic heterocycles. The normalized spacial score (nSPS) is 27.5. The van der Waals surface area contributed by atoms with Crippen LogP contribution in [-0.2, 0) is 3.07 Å². The predicted octanol–water partition coefficient (Wildman–Crippen LogP) is 1.27. The minimum absolute atomic E-state index is 0.194. The van der Waals surface area contributed by atoms with E-state index in [1.54, 1.807) is 0 Å². The molecule has 1 fully saturated rings. The fourth-order valence-corrected chi connectivity index (χ4v) is 2.06. The van der Waals surface area contributed by atoms with Gasteiger partial charge in [0, 0.05) is 27.7 Å². The van der Waals surface area contributed by atoms with Crippen molar-refractivity contribution in [3.63, 3.8) is 0 Å². The standard InChI is InChI=1S/C7H14INO/c1-8-10-6-7-3-4-9(2)5-7/h7H,1,3-6H2,2H3. The van der Waals surface area contributed by atoms with Crippen LogP contribution < -0.4 is 0 Å². The lowest BCUT2D eigenvalue weighted by Gasteiger charge is -2.07. The second kappa shape index (κ2) is 4.41. The Morgan fingerprint density at radius 3 is 3.10 bits per heavy atom. The molecule has 0 saturated carbocycles. The molecule has 10 heavy (non-hydrogen) atoms. The van der Waals surface area contributed by atoms with Gasteiger partial charge in [0.15, 0.2) is 0 Å². The Balaban J connectivity index is 2.12. The molecule has 0 N–H and O–H groups in total. The molecule has 0 bridgehead atoms. The van der Waals surface area contributed by atoms with Crippen LogP contribution in [0.4, 0.5) is 0 Å². The second-order valence-electron chi connectivity index (χ2n) is 2.80. The molecular formula is C7H14INO. The third kappa shape index (κ3) is 2.64. The van der Waals surface area contributed by atoms with Gasteiger partial charge in [-0.3, -0.25) is 0 Å². The summed E-state index contributed by atoms with van der Waals surface area (Å²) in [6, 6.07) is 0. The molecule has 1 aliphatic rings. The van der Waals surface area contributed by atoms with E-state index in [0.717, 1.165) is 12.5 Å². The molecule has 0 amide bonds. The Bertz CT molecular complexity index is 118. The van der Waals surface area contributed by atoms with Crippen LogP contribution in [0.3, 0.4) is 0 Å². The number of hydrogen-bond acceptors (Lipinski definition) is 2. The lowest BCUT2D eigenvalue weighted by atomic mass is 10.1. The summed E-state index contributed by atoms with van der Waals surface area (Å²) in [5, 5.41) is 0. The van der Waals surface area contributed by atoms with Crippen LogP contribution in [0.1, 0.15) is 6.42 Å². The number of likely N-dealkylation sites (tertiary alicyclic amines) is 1. The summed E-state index contributed by atoms with van der Waals surface area (Å²) in [4.78, 5) is 2.36. The zero-order chi connectivity index (χ0) is 7.40. The second-order valence-corrected chi connectivity index (χ2v) is 4.05. The van der Waals surface area contributed by atoms with E-state index < -0.39 is 0 Å². The lowest BCUT2D eigenvalue weighted by Crippen LogP contribution is -2.15. The minimum atomic E-state index is -0.194. The van der Waals surface area contributed by atoms with Crippen LogP contribution in [0.25, 0.3) is 0 Å². The van der Waals surface area contributed by atoms with E-state index in [2.05, 4.69) is 16.5 Å². The highest BCUT2D eigenvalue weighted by Crippen LogP contribution is 2.15. The van der Waals surface area contributed by atoms with Gasteiger partial charge in [-0.25, -0.2) is 0 Å². The third-order valence-corrected chi connectivity index (χ3v) is 2.66. The SMILES string of the molecule is C=IOCC1CCN(C)C1. The van der Waals surface area contributed by atoms with Crippen LogP contribution in [0, 0.1) is 5.92 Å². The topological polar surface area (TPSA) is 12.5 Å². The van der Waals surface area contributed by atoms with Crippen molar-refractivity contribution in [1.82, 2.24) is 4.90 Å². The van der Waals surface area contributed by atoms with E-state index in [0.29, 0.717) is 0 Å². The van der Waals surface area contributed by atoms with Gasteiger partial charge >= 0.3 is 0 Å². The first kappa shape index (κ1) is 8.62. The maximum absolute atomic E-state index is 5.34. The monoisotopic (exact) mass is 255 g/mol. The van der Waals surface area contributed by atoms with Crippen LogP contribution in [0.15, 0.2) is 0 Å². The first-order valence-corrected chi connectivity index (χ1v) is 5.92. The Morgan fingerprint density at radius 2 is 2.60 bits per heavy atom. The highest BCUT2D eigenvalue weighted by molar-refractivity contribution is 14.2. The lowest BCUT2D eigenvalue weighted by molar-refractivity contribution is 0.313. The molecular weight excluding hydrogens is 241 g/mol. The highest BCUT2D eigenvalue weighted by Gasteiger charge is 2.18. The van der Waals surface area contributed by atoms with Gasteiger partial charge in [0.1, 0.15) is 0 Å². The molecule has 0 aromatic rings. The average Bonchev–Trinajstić information content (AvgIpc) is 2.31. The van der Waals surface area contributed by atoms with Crippen molar-refractivity contribution < 1.29 is 3.07 Å². The predicted molar refractivity (Wildman–Crippen MR) is 52.7 cm³/mol. The van der Waals surface area contributed by atoms with Crippen LogP contribution in [0.5, 0.6) is 0 Å². The van der Waals surface area contributed by atoms with E-state index in [1.165, 1.54) is 19.5 Å². The zero-order valence-corrected chi connectivity index (χ0v) is 8.50. The summed E-state index contributed by atoms with van der Waals surface area (Å²) in [6.45, 7) is 3.40. The van der Waals surface area contributed by atoms with E-state index in [4.69, 9.17) is 3.07 Å². The molecule has 1 heterocycles. The largest absolute Gasteiger partial charge is 0.322 e. The fourth-order valence-electron chi connectivity index (χ4n) is 1.30. The van der Waals surface area contributed by atoms with Crippen LogP contribution in [0.2, 0.25) is 0 Å². The molecule has 2 nitrogen and oxygen atoms in total. The zero-order valence-electron chi connectivity index (χ0n) is 6.35. The molecule has 0 radical (unpaired) electrons. The van der Waals surface area contributed by atoms with Gasteiger partial charge < -0.3 is 7.97 Å². The van der Waals surface area contributed by atoms with Gasteiger partial charge in [-0.1, -0.05) is 0 Å². The Morgan fingerprint density at radius 1 is 1.80 bits per heavy atom. The number of halogens is 1. The van der Waals surface area contributed by atoms with Gasteiger partial charge in [0.2, 0.25) is 0 Å². The summed E-state index contributed by atoms with van der Waals surface area (Å²) in [7, 11) is 2.17. The summed E-state index contributed by atoms with van der Waals surface area (Å²) < 4.78 is 9.08. The molecule has 1 atom stereocenters. The quantitative estimate of drug-likeness (QED) is 0.704. The molecule has 1 aliphatic heterocycles. The summed E-state index contributed by atoms with van der Waals surface area (Å²) in [5.74, 6) is 0.784. The maximum Gasteiger partial charge on any atom is 0.0627 e. The maximum atomic E-state index is 5.34. The Hall–Kier alpha value is 0.520. The summed E-state index contributed by atoms with van der Waals surface area (Å²) in [6.07, 6.45) is 1.31. The van der Waals surface area contributed by atoms with Crippen molar-refractivity contribution >= 4 is 25.7 Å². The smallest absolute Gasteiger partial charge is 0.0627 e. The van der Waals surface area contributed by atoms with Crippen LogP contribution in [-0.4, -0.2) is 36.2 Å². The van der Waals surface area contributed by atoms with Gasteiger partial charge in [-0.2, -0.15) is 0 Å². The van der Waals surface area contributed by atoms with Gasteiger partial charge in [0.25, 0.3) is 0 Å². The van der Waals surface area contributed by atoms with Crippen molar-refractivity contribution in [1.29, 1.82) is 0 Å². The number of hydrogen-bond donors (Lipinski definition) is 0. The van der Waals surface area contributed by atoms with Crippen LogP contribution >= 0.6 is 21.1 Å². The van der Waals surface area contributed by atoms with E-state index in [1.807, 2.05) is 0 Å². The first-order valence-electron chi connectivity index (χ1n) is 3.51. The first-order chi connectivity index (χ1) is 4.83. The molecule has 1 saturated heterocycles. The third-order valence-electron chi connectivity index (χ3n) is 1.86. The van der Waals surface area contributed by atoms with Crippen molar-refractivity contribution in [2.45, 2.75) is 6.42 Å². The van der Waals surface area contributed by atoms with Crippen molar-refractivity contribution in [3.05, 3.63) is 0 Å². The highest BCUT2D eigenvalue weighted by atomic mass is 127. The molecule has 3 heteroatoms. The minimum Gasteiger partial charge on any atom is -0.322 e. The Labute approximate surface area is 72.8 Å². The summed E-state index contributed by atoms with van der Waals surface area (Å²) in [5.41, 5.74) is 0. The summed E-state index contributed by atoms with van der Waals surface area (Å²) >= 11 is -0.194. The number of nitrogens with zero attached hydrogens (tertiary/aromatic N) is 1. The molecule has 0 aromatic carbocycles. The molecule has 1 unspecified atom stereocenters. The molecule has 0 aliphatic carbocycles. The molecule has 1 rings (SSSR count). The van der Waals surface area contributed by atoms with E-state index >= 15 is 0 Å². The van der Waals surface area contributed by atoms with Gasteiger partial charge in [0.05, 0.1) is 6.61 Å². The molecule has 60 valence electrons. The van der Waals surface area contributed by atoms with Gasteiger partial charge in [-0.05, 0) is 30.4 Å².